The second-order valence-electron chi connectivity index (χ2n) is 5.01. The molecule has 1 saturated heterocycles. The summed E-state index contributed by atoms with van der Waals surface area (Å²) in [6.45, 7) is 0. The van der Waals surface area contributed by atoms with Crippen LogP contribution in [0.25, 0.3) is 0 Å². The number of aliphatic hydroxyl groups is 2. The predicted molar refractivity (Wildman–Crippen MR) is 76.9 cm³/mol. The zero-order valence-corrected chi connectivity index (χ0v) is 12.5. The lowest BCUT2D eigenvalue weighted by molar-refractivity contribution is -0.149. The number of carbonyl (C=O) groups is 1. The number of aliphatic hydroxyl groups excluding tert-OH is 2. The maximum Gasteiger partial charge on any atom is 0.331 e. The van der Waals surface area contributed by atoms with E-state index in [1.54, 1.807) is 18.2 Å². The number of esters is 1. The standard InChI is InChI=1S/C14H13Cl2NO4/c1-21-13(20)14-9(18)5-6-10(19)17(14)12(14)11-7(15)3-2-4-8(11)16/h2-6,9-10,12,18-19H,1H3/t9-,10+,12+,14+,17?/m0/s1. The lowest BCUT2D eigenvalue weighted by Gasteiger charge is -2.24. The molecule has 2 aliphatic heterocycles. The van der Waals surface area contributed by atoms with Crippen molar-refractivity contribution in [2.24, 2.45) is 0 Å². The first-order valence-corrected chi connectivity index (χ1v) is 7.07. The minimum Gasteiger partial charge on any atom is -0.467 e. The molecule has 2 heterocycles. The molecular weight excluding hydrogens is 317 g/mol. The van der Waals surface area contributed by atoms with Gasteiger partial charge in [-0.15, -0.1) is 0 Å². The predicted octanol–water partition coefficient (Wildman–Crippen LogP) is 1.51. The second-order valence-corrected chi connectivity index (χ2v) is 5.82. The van der Waals surface area contributed by atoms with E-state index in [2.05, 4.69) is 0 Å². The molecule has 2 aliphatic rings. The van der Waals surface area contributed by atoms with Crippen molar-refractivity contribution in [1.29, 1.82) is 0 Å². The number of nitrogens with zero attached hydrogens (tertiary/aromatic N) is 1. The van der Waals surface area contributed by atoms with E-state index in [0.717, 1.165) is 0 Å². The first kappa shape index (κ1) is 14.8. The highest BCUT2D eigenvalue weighted by atomic mass is 35.5. The Morgan fingerprint density at radius 2 is 1.90 bits per heavy atom. The molecule has 5 nitrogen and oxygen atoms in total. The van der Waals surface area contributed by atoms with Gasteiger partial charge < -0.3 is 14.9 Å². The van der Waals surface area contributed by atoms with Crippen LogP contribution in [-0.4, -0.2) is 46.1 Å². The average Bonchev–Trinajstić information content (AvgIpc) is 3.14. The maximum absolute atomic E-state index is 12.2. The summed E-state index contributed by atoms with van der Waals surface area (Å²) in [6, 6.07) is 4.33. The number of ether oxygens (including phenoxy) is 1. The van der Waals surface area contributed by atoms with E-state index in [4.69, 9.17) is 27.9 Å². The molecule has 2 N–H and O–H groups in total. The molecule has 1 aromatic rings. The number of fused-ring (bicyclic) bond motifs is 1. The lowest BCUT2D eigenvalue weighted by Crippen LogP contribution is -2.46. The number of halogens is 2. The van der Waals surface area contributed by atoms with Gasteiger partial charge in [0.25, 0.3) is 0 Å². The molecule has 5 atom stereocenters. The number of rotatable bonds is 2. The first-order valence-electron chi connectivity index (χ1n) is 6.31. The minimum absolute atomic E-state index is 0.365. The third kappa shape index (κ3) is 1.86. The van der Waals surface area contributed by atoms with E-state index in [1.165, 1.54) is 24.2 Å². The zero-order chi connectivity index (χ0) is 15.4. The smallest absolute Gasteiger partial charge is 0.331 e. The first-order chi connectivity index (χ1) is 9.96. The Balaban J connectivity index is 2.15. The summed E-state index contributed by atoms with van der Waals surface area (Å²) in [7, 11) is 1.23. The minimum atomic E-state index is -1.39. The van der Waals surface area contributed by atoms with Crippen LogP contribution in [0.1, 0.15) is 11.6 Å². The third-order valence-corrected chi connectivity index (χ3v) is 4.70. The van der Waals surface area contributed by atoms with E-state index in [-0.39, 0.29) is 0 Å². The largest absolute Gasteiger partial charge is 0.467 e. The van der Waals surface area contributed by atoms with Gasteiger partial charge in [-0.25, -0.2) is 9.69 Å². The van der Waals surface area contributed by atoms with E-state index in [0.29, 0.717) is 15.6 Å². The number of carbonyl (C=O) groups excluding carboxylic acids is 1. The van der Waals surface area contributed by atoms with Crippen LogP contribution in [0.5, 0.6) is 0 Å². The van der Waals surface area contributed by atoms with Gasteiger partial charge in [-0.2, -0.15) is 0 Å². The fourth-order valence-electron chi connectivity index (χ4n) is 3.09. The molecule has 0 amide bonds. The molecule has 0 saturated carbocycles. The Hall–Kier alpha value is -1.11. The van der Waals surface area contributed by atoms with E-state index in [1.807, 2.05) is 0 Å². The van der Waals surface area contributed by atoms with Crippen molar-refractivity contribution < 1.29 is 19.7 Å². The molecular formula is C14H13Cl2NO4. The monoisotopic (exact) mass is 329 g/mol. The van der Waals surface area contributed by atoms with Crippen LogP contribution >= 0.6 is 23.2 Å². The number of methoxy groups -OCH3 is 1. The highest BCUT2D eigenvalue weighted by Gasteiger charge is 2.76. The van der Waals surface area contributed by atoms with Crippen molar-refractivity contribution in [1.82, 2.24) is 4.90 Å². The Labute approximate surface area is 131 Å². The average molecular weight is 330 g/mol. The van der Waals surface area contributed by atoms with E-state index < -0.39 is 29.9 Å². The van der Waals surface area contributed by atoms with Crippen LogP contribution in [0.3, 0.4) is 0 Å². The maximum atomic E-state index is 12.2. The Morgan fingerprint density at radius 1 is 1.29 bits per heavy atom. The van der Waals surface area contributed by atoms with Crippen molar-refractivity contribution in [2.75, 3.05) is 7.11 Å². The van der Waals surface area contributed by atoms with Gasteiger partial charge in [0.05, 0.1) is 13.2 Å². The third-order valence-electron chi connectivity index (χ3n) is 4.04. The molecule has 1 unspecified atom stereocenters. The van der Waals surface area contributed by atoms with Crippen molar-refractivity contribution in [3.63, 3.8) is 0 Å². The summed E-state index contributed by atoms with van der Waals surface area (Å²) in [5, 5.41) is 21.1. The highest BCUT2D eigenvalue weighted by Crippen LogP contribution is 2.61. The zero-order valence-electron chi connectivity index (χ0n) is 11.0. The highest BCUT2D eigenvalue weighted by molar-refractivity contribution is 6.36. The van der Waals surface area contributed by atoms with Gasteiger partial charge in [0.1, 0.15) is 12.3 Å². The van der Waals surface area contributed by atoms with Crippen LogP contribution in [0.2, 0.25) is 10.0 Å². The van der Waals surface area contributed by atoms with Crippen LogP contribution in [0.4, 0.5) is 0 Å². The van der Waals surface area contributed by atoms with Gasteiger partial charge in [0.2, 0.25) is 0 Å². The van der Waals surface area contributed by atoms with Crippen molar-refractivity contribution in [3.05, 3.63) is 46.0 Å². The van der Waals surface area contributed by atoms with Gasteiger partial charge in [0, 0.05) is 15.6 Å². The Kier molecular flexibility index (Phi) is 3.50. The molecule has 0 spiro atoms. The molecule has 3 rings (SSSR count). The molecule has 0 aliphatic carbocycles. The van der Waals surface area contributed by atoms with Crippen LogP contribution < -0.4 is 0 Å². The van der Waals surface area contributed by atoms with Crippen LogP contribution in [0.15, 0.2) is 30.4 Å². The topological polar surface area (TPSA) is 69.8 Å². The molecule has 1 aromatic carbocycles. The second kappa shape index (κ2) is 4.97. The summed E-state index contributed by atoms with van der Waals surface area (Å²) in [6.07, 6.45) is 0.648. The SMILES string of the molecule is COC(=O)[C@]12[C@@H](O)C=C[C@@H](O)N1[C@@H]2c1c(Cl)cccc1Cl. The van der Waals surface area contributed by atoms with Crippen molar-refractivity contribution >= 4 is 29.2 Å². The summed E-state index contributed by atoms with van der Waals surface area (Å²) >= 11 is 12.4. The summed E-state index contributed by atoms with van der Waals surface area (Å²) in [5.41, 5.74) is -0.898. The Bertz CT molecular complexity index is 615. The number of hydrogen-bond acceptors (Lipinski definition) is 5. The van der Waals surface area contributed by atoms with Gasteiger partial charge in [0.15, 0.2) is 5.54 Å². The lowest BCUT2D eigenvalue weighted by atomic mass is 9.92. The quantitative estimate of drug-likeness (QED) is 0.489. The van der Waals surface area contributed by atoms with Gasteiger partial charge in [-0.3, -0.25) is 0 Å². The van der Waals surface area contributed by atoms with Gasteiger partial charge in [-0.1, -0.05) is 35.3 Å². The molecule has 7 heteroatoms. The van der Waals surface area contributed by atoms with E-state index in [9.17, 15) is 15.0 Å². The fourth-order valence-corrected chi connectivity index (χ4v) is 3.69. The normalized spacial score (nSPS) is 37.0. The molecule has 0 radical (unpaired) electrons. The summed E-state index contributed by atoms with van der Waals surface area (Å²) < 4.78 is 4.81. The summed E-state index contributed by atoms with van der Waals surface area (Å²) in [4.78, 5) is 13.7. The molecule has 0 bridgehead atoms. The molecule has 1 fully saturated rings. The molecule has 0 aromatic heterocycles. The van der Waals surface area contributed by atoms with E-state index >= 15 is 0 Å². The Morgan fingerprint density at radius 3 is 2.48 bits per heavy atom. The fraction of sp³-hybridized carbons (Fsp3) is 0.357. The molecule has 21 heavy (non-hydrogen) atoms. The van der Waals surface area contributed by atoms with Crippen LogP contribution in [0, 0.1) is 0 Å². The van der Waals surface area contributed by atoms with Crippen molar-refractivity contribution in [3.8, 4) is 0 Å². The van der Waals surface area contributed by atoms with Crippen LogP contribution in [-0.2, 0) is 9.53 Å². The number of benzene rings is 1. The van der Waals surface area contributed by atoms with Gasteiger partial charge in [-0.05, 0) is 18.2 Å². The van der Waals surface area contributed by atoms with Gasteiger partial charge >= 0.3 is 5.97 Å². The number of hydrogen-bond donors (Lipinski definition) is 2. The summed E-state index contributed by atoms with van der Waals surface area (Å²) in [5.74, 6) is -0.639. The molecule has 112 valence electrons. The van der Waals surface area contributed by atoms with Crippen molar-refractivity contribution in [2.45, 2.75) is 23.9 Å².